The molecule has 0 heterocycles. The van der Waals surface area contributed by atoms with Gasteiger partial charge in [-0.15, -0.1) is 12.4 Å². The van der Waals surface area contributed by atoms with Gasteiger partial charge in [-0.3, -0.25) is 0 Å². The van der Waals surface area contributed by atoms with Crippen LogP contribution in [0.1, 0.15) is 0 Å². The number of aromatic hydroxyl groups is 2. The highest BCUT2D eigenvalue weighted by molar-refractivity contribution is 5.85. The van der Waals surface area contributed by atoms with Crippen molar-refractivity contribution in [2.45, 2.75) is 0 Å². The van der Waals surface area contributed by atoms with Gasteiger partial charge in [0.15, 0.2) is 0 Å². The van der Waals surface area contributed by atoms with Gasteiger partial charge in [0.2, 0.25) is 0 Å². The zero-order chi connectivity index (χ0) is 6.85. The molecule has 0 bridgehead atoms. The van der Waals surface area contributed by atoms with Gasteiger partial charge in [-0.05, 0) is 12.1 Å². The fourth-order valence-corrected chi connectivity index (χ4v) is 0.532. The number of phenolic OH excluding ortho intramolecular Hbond substituents is 2. The fraction of sp³-hybridized carbons (Fsp3) is 0. The molecular weight excluding hydrogens is 154 g/mol. The largest absolute Gasteiger partial charge is 0.508 e. The number of halogens is 1. The van der Waals surface area contributed by atoms with Crippen molar-refractivity contribution in [1.29, 1.82) is 0 Å². The summed E-state index contributed by atoms with van der Waals surface area (Å²) >= 11 is 0. The summed E-state index contributed by atoms with van der Waals surface area (Å²) in [6.45, 7) is 0. The van der Waals surface area contributed by atoms with E-state index in [2.05, 4.69) is 0 Å². The topological polar surface area (TPSA) is 66.5 Å². The third-order valence-corrected chi connectivity index (χ3v) is 1.01. The van der Waals surface area contributed by atoms with Crippen LogP contribution in [-0.4, -0.2) is 10.2 Å². The molecule has 0 fully saturated rings. The summed E-state index contributed by atoms with van der Waals surface area (Å²) in [4.78, 5) is 0. The summed E-state index contributed by atoms with van der Waals surface area (Å²) < 4.78 is 0. The molecule has 56 valence electrons. The summed E-state index contributed by atoms with van der Waals surface area (Å²) in [5.74, 6) is -0.0725. The molecule has 4 heteroatoms. The standard InChI is InChI=1S/C6H7NO2.ClH/c7-5-2-1-4(8)3-6(5)9;/h1-3,8-9H,7H2;1H. The number of anilines is 1. The van der Waals surface area contributed by atoms with Gasteiger partial charge in [-0.1, -0.05) is 0 Å². The van der Waals surface area contributed by atoms with E-state index in [1.165, 1.54) is 18.2 Å². The van der Waals surface area contributed by atoms with E-state index < -0.39 is 0 Å². The van der Waals surface area contributed by atoms with Gasteiger partial charge in [0.1, 0.15) is 11.5 Å². The zero-order valence-electron chi connectivity index (χ0n) is 5.11. The van der Waals surface area contributed by atoms with Crippen LogP contribution < -0.4 is 5.73 Å². The lowest BCUT2D eigenvalue weighted by molar-refractivity contribution is 0.452. The molecule has 1 aromatic rings. The normalized spacial score (nSPS) is 8.40. The van der Waals surface area contributed by atoms with E-state index >= 15 is 0 Å². The molecule has 0 saturated heterocycles. The van der Waals surface area contributed by atoms with Crippen LogP contribution in [0.2, 0.25) is 0 Å². The molecule has 10 heavy (non-hydrogen) atoms. The van der Waals surface area contributed by atoms with Gasteiger partial charge in [0.25, 0.3) is 0 Å². The number of rotatable bonds is 0. The van der Waals surface area contributed by atoms with E-state index in [9.17, 15) is 0 Å². The van der Waals surface area contributed by atoms with Crippen LogP contribution in [0.15, 0.2) is 18.2 Å². The SMILES string of the molecule is Cl.Nc1ccc(O)cc1O. The Morgan fingerprint density at radius 3 is 2.20 bits per heavy atom. The highest BCUT2D eigenvalue weighted by atomic mass is 35.5. The number of hydrogen-bond acceptors (Lipinski definition) is 3. The van der Waals surface area contributed by atoms with E-state index in [0.29, 0.717) is 0 Å². The molecule has 0 aliphatic rings. The van der Waals surface area contributed by atoms with Crippen LogP contribution in [0.5, 0.6) is 11.5 Å². The van der Waals surface area contributed by atoms with Crippen molar-refractivity contribution < 1.29 is 10.2 Å². The van der Waals surface area contributed by atoms with E-state index in [4.69, 9.17) is 15.9 Å². The average molecular weight is 162 g/mol. The van der Waals surface area contributed by atoms with Crippen molar-refractivity contribution in [2.24, 2.45) is 0 Å². The smallest absolute Gasteiger partial charge is 0.142 e. The summed E-state index contributed by atoms with van der Waals surface area (Å²) in [5.41, 5.74) is 5.50. The van der Waals surface area contributed by atoms with Gasteiger partial charge < -0.3 is 15.9 Å². The minimum atomic E-state index is -0.0880. The second kappa shape index (κ2) is 3.17. The first-order valence-corrected chi connectivity index (χ1v) is 2.47. The Kier molecular flexibility index (Phi) is 2.83. The first kappa shape index (κ1) is 8.91. The average Bonchev–Trinajstić information content (AvgIpc) is 1.80. The van der Waals surface area contributed by atoms with Crippen LogP contribution in [0.3, 0.4) is 0 Å². The van der Waals surface area contributed by atoms with E-state index in [0.717, 1.165) is 0 Å². The van der Waals surface area contributed by atoms with Crippen molar-refractivity contribution in [1.82, 2.24) is 0 Å². The van der Waals surface area contributed by atoms with Crippen LogP contribution in [0.4, 0.5) is 5.69 Å². The number of nitrogen functional groups attached to an aromatic ring is 1. The minimum Gasteiger partial charge on any atom is -0.508 e. The van der Waals surface area contributed by atoms with Gasteiger partial charge >= 0.3 is 0 Å². The number of benzene rings is 1. The van der Waals surface area contributed by atoms with E-state index in [1.54, 1.807) is 0 Å². The van der Waals surface area contributed by atoms with Crippen LogP contribution >= 0.6 is 12.4 Å². The van der Waals surface area contributed by atoms with Crippen LogP contribution in [-0.2, 0) is 0 Å². The summed E-state index contributed by atoms with van der Waals surface area (Å²) in [6, 6.07) is 4.04. The maximum Gasteiger partial charge on any atom is 0.142 e. The zero-order valence-corrected chi connectivity index (χ0v) is 5.93. The summed E-state index contributed by atoms with van der Waals surface area (Å²) in [6.07, 6.45) is 0. The molecule has 0 aliphatic heterocycles. The van der Waals surface area contributed by atoms with Gasteiger partial charge in [-0.2, -0.15) is 0 Å². The van der Waals surface area contributed by atoms with Crippen molar-refractivity contribution >= 4 is 18.1 Å². The number of hydrogen-bond donors (Lipinski definition) is 3. The highest BCUT2D eigenvalue weighted by Crippen LogP contribution is 2.23. The molecule has 0 unspecified atom stereocenters. The Bertz CT molecular complexity index is 227. The second-order valence-corrected chi connectivity index (χ2v) is 1.74. The molecule has 4 N–H and O–H groups in total. The summed E-state index contributed by atoms with van der Waals surface area (Å²) in [7, 11) is 0. The van der Waals surface area contributed by atoms with Gasteiger partial charge in [-0.25, -0.2) is 0 Å². The number of phenols is 2. The van der Waals surface area contributed by atoms with Crippen LogP contribution in [0, 0.1) is 0 Å². The minimum absolute atomic E-state index is 0. The first-order valence-electron chi connectivity index (χ1n) is 2.47. The van der Waals surface area contributed by atoms with Crippen molar-refractivity contribution in [3.8, 4) is 11.5 Å². The molecule has 0 spiro atoms. The molecule has 0 atom stereocenters. The lowest BCUT2D eigenvalue weighted by Gasteiger charge is -1.96. The lowest BCUT2D eigenvalue weighted by Crippen LogP contribution is -1.82. The molecule has 0 aliphatic carbocycles. The van der Waals surface area contributed by atoms with Crippen molar-refractivity contribution in [3.05, 3.63) is 18.2 Å². The molecule has 0 radical (unpaired) electrons. The quantitative estimate of drug-likeness (QED) is 0.303. The molecular formula is C6H8ClNO2. The third-order valence-electron chi connectivity index (χ3n) is 1.01. The Morgan fingerprint density at radius 1 is 1.20 bits per heavy atom. The molecule has 3 nitrogen and oxygen atoms in total. The molecule has 1 aromatic carbocycles. The lowest BCUT2D eigenvalue weighted by atomic mass is 10.3. The van der Waals surface area contributed by atoms with Gasteiger partial charge in [0, 0.05) is 6.07 Å². The van der Waals surface area contributed by atoms with E-state index in [1.807, 2.05) is 0 Å². The predicted octanol–water partition coefficient (Wildman–Crippen LogP) is 1.10. The first-order chi connectivity index (χ1) is 4.20. The van der Waals surface area contributed by atoms with Gasteiger partial charge in [0.05, 0.1) is 5.69 Å². The molecule has 0 saturated carbocycles. The predicted molar refractivity (Wildman–Crippen MR) is 41.4 cm³/mol. The number of nitrogens with two attached hydrogens (primary N) is 1. The maximum atomic E-state index is 8.82. The Morgan fingerprint density at radius 2 is 1.80 bits per heavy atom. The fourth-order valence-electron chi connectivity index (χ4n) is 0.532. The van der Waals surface area contributed by atoms with Crippen LogP contribution in [0.25, 0.3) is 0 Å². The second-order valence-electron chi connectivity index (χ2n) is 1.74. The van der Waals surface area contributed by atoms with Crippen molar-refractivity contribution in [3.63, 3.8) is 0 Å². The third kappa shape index (κ3) is 1.70. The Labute approximate surface area is 64.5 Å². The molecule has 1 rings (SSSR count). The molecule has 0 aromatic heterocycles. The monoisotopic (exact) mass is 161 g/mol. The Hall–Kier alpha value is -1.09. The molecule has 0 amide bonds. The highest BCUT2D eigenvalue weighted by Gasteiger charge is 1.94. The maximum absolute atomic E-state index is 8.82. The Balaban J connectivity index is 0.000000810. The van der Waals surface area contributed by atoms with Crippen molar-refractivity contribution in [2.75, 3.05) is 5.73 Å². The van der Waals surface area contributed by atoms with E-state index in [-0.39, 0.29) is 29.6 Å². The summed E-state index contributed by atoms with van der Waals surface area (Å²) in [5, 5.41) is 17.5.